The number of benzene rings is 1. The van der Waals surface area contributed by atoms with E-state index in [4.69, 9.17) is 9.72 Å². The summed E-state index contributed by atoms with van der Waals surface area (Å²) >= 11 is 0. The van der Waals surface area contributed by atoms with Crippen LogP contribution in [0.4, 0.5) is 11.6 Å². The average Bonchev–Trinajstić information content (AvgIpc) is 3.41. The molecule has 10 nitrogen and oxygen atoms in total. The average molecular weight is 554 g/mol. The van der Waals surface area contributed by atoms with Crippen molar-refractivity contribution in [1.29, 1.82) is 0 Å². The molecule has 2 aliphatic heterocycles. The zero-order chi connectivity index (χ0) is 28.3. The van der Waals surface area contributed by atoms with Crippen molar-refractivity contribution >= 4 is 29.5 Å². The first-order valence-electron chi connectivity index (χ1n) is 14.2. The Morgan fingerprint density at radius 1 is 0.902 bits per heavy atom. The van der Waals surface area contributed by atoms with Crippen molar-refractivity contribution < 1.29 is 14.3 Å². The Bertz CT molecular complexity index is 1470. The van der Waals surface area contributed by atoms with E-state index in [1.807, 2.05) is 46.2 Å². The maximum atomic E-state index is 13.1. The Morgan fingerprint density at radius 2 is 1.68 bits per heavy atom. The molecular formula is C31H35N7O3. The number of fused-ring (bicyclic) bond motifs is 1. The van der Waals surface area contributed by atoms with E-state index in [-0.39, 0.29) is 17.9 Å². The number of ether oxygens (including phenoxy) is 1. The van der Waals surface area contributed by atoms with E-state index in [1.165, 1.54) is 0 Å². The minimum Gasteiger partial charge on any atom is -0.490 e. The number of anilines is 2. The van der Waals surface area contributed by atoms with E-state index in [2.05, 4.69) is 33.3 Å². The topological polar surface area (TPSA) is 104 Å². The Morgan fingerprint density at radius 3 is 2.46 bits per heavy atom. The normalized spacial score (nSPS) is 17.7. The number of carbonyl (C=O) groups is 2. The smallest absolute Gasteiger partial charge is 0.250 e. The van der Waals surface area contributed by atoms with Gasteiger partial charge in [0.1, 0.15) is 11.9 Å². The fourth-order valence-corrected chi connectivity index (χ4v) is 5.56. The zero-order valence-corrected chi connectivity index (χ0v) is 23.5. The van der Waals surface area contributed by atoms with Gasteiger partial charge in [-0.1, -0.05) is 6.07 Å². The molecule has 4 heterocycles. The quantitative estimate of drug-likeness (QED) is 0.496. The number of amides is 2. The summed E-state index contributed by atoms with van der Waals surface area (Å²) in [5, 5.41) is 3.31. The second-order valence-corrected chi connectivity index (χ2v) is 10.9. The third-order valence-corrected chi connectivity index (χ3v) is 8.02. The van der Waals surface area contributed by atoms with Crippen molar-refractivity contribution in [2.75, 3.05) is 51.6 Å². The summed E-state index contributed by atoms with van der Waals surface area (Å²) < 4.78 is 6.21. The van der Waals surface area contributed by atoms with Gasteiger partial charge in [-0.2, -0.15) is 0 Å². The van der Waals surface area contributed by atoms with Crippen molar-refractivity contribution in [3.8, 4) is 17.1 Å². The summed E-state index contributed by atoms with van der Waals surface area (Å²) in [4.78, 5) is 44.3. The first kappa shape index (κ1) is 26.9. The number of nitrogens with zero attached hydrogens (tertiary/aromatic N) is 6. The molecule has 0 radical (unpaired) electrons. The van der Waals surface area contributed by atoms with E-state index < -0.39 is 0 Å². The van der Waals surface area contributed by atoms with Crippen molar-refractivity contribution in [1.82, 2.24) is 29.7 Å². The van der Waals surface area contributed by atoms with Crippen LogP contribution >= 0.6 is 0 Å². The molecule has 0 atom stereocenters. The van der Waals surface area contributed by atoms with Crippen LogP contribution in [0.1, 0.15) is 30.9 Å². The van der Waals surface area contributed by atoms with Crippen molar-refractivity contribution in [2.45, 2.75) is 32.3 Å². The maximum absolute atomic E-state index is 13.1. The minimum atomic E-state index is 0.0645. The van der Waals surface area contributed by atoms with Gasteiger partial charge in [0, 0.05) is 95.2 Å². The van der Waals surface area contributed by atoms with Crippen molar-refractivity contribution in [2.24, 2.45) is 0 Å². The number of hydrogen-bond donors (Lipinski definition) is 1. The zero-order valence-electron chi connectivity index (χ0n) is 23.5. The Kier molecular flexibility index (Phi) is 7.65. The monoisotopic (exact) mass is 553 g/mol. The molecule has 2 fully saturated rings. The minimum absolute atomic E-state index is 0.0645. The van der Waals surface area contributed by atoms with Gasteiger partial charge in [0.05, 0.1) is 11.4 Å². The summed E-state index contributed by atoms with van der Waals surface area (Å²) in [5.74, 6) is 1.44. The van der Waals surface area contributed by atoms with Crippen LogP contribution in [-0.2, 0) is 16.0 Å². The number of carbonyl (C=O) groups excluding carboxylic acids is 2. The largest absolute Gasteiger partial charge is 0.490 e. The molecular weight excluding hydrogens is 518 g/mol. The van der Waals surface area contributed by atoms with Crippen LogP contribution in [0.15, 0.2) is 54.4 Å². The van der Waals surface area contributed by atoms with Crippen LogP contribution in [0.25, 0.3) is 17.5 Å². The highest BCUT2D eigenvalue weighted by Crippen LogP contribution is 2.30. The van der Waals surface area contributed by atoms with E-state index >= 15 is 0 Å². The molecule has 0 spiro atoms. The summed E-state index contributed by atoms with van der Waals surface area (Å²) in [6, 6.07) is 11.7. The van der Waals surface area contributed by atoms with Crippen molar-refractivity contribution in [3.63, 3.8) is 0 Å². The van der Waals surface area contributed by atoms with Gasteiger partial charge >= 0.3 is 0 Å². The van der Waals surface area contributed by atoms with Gasteiger partial charge in [-0.15, -0.1) is 0 Å². The van der Waals surface area contributed by atoms with Crippen molar-refractivity contribution in [3.05, 3.63) is 65.5 Å². The van der Waals surface area contributed by atoms with Gasteiger partial charge in [0.15, 0.2) is 0 Å². The molecule has 3 aromatic rings. The highest BCUT2D eigenvalue weighted by molar-refractivity contribution is 6.00. The Labute approximate surface area is 240 Å². The van der Waals surface area contributed by atoms with Gasteiger partial charge < -0.3 is 24.8 Å². The van der Waals surface area contributed by atoms with Gasteiger partial charge in [-0.3, -0.25) is 14.6 Å². The standard InChI is InChI=1S/C31H35N7O3/c1-21(39)37-11-7-26(8-12-37)41-27-5-9-32-29(20-27)28-6-10-33-31(35-28)34-25-4-3-22-17-24(18-23(22)19-25)30(40)38-15-13-36(2)14-16-38/h3-6,9-10,18-20,26H,7-8,11-17H2,1-2H3,(H,33,34,35). The van der Waals surface area contributed by atoms with Gasteiger partial charge in [0.25, 0.3) is 0 Å². The third kappa shape index (κ3) is 6.22. The second-order valence-electron chi connectivity index (χ2n) is 10.9. The lowest BCUT2D eigenvalue weighted by molar-refractivity contribution is -0.130. The Balaban J connectivity index is 1.11. The number of pyridine rings is 1. The first-order chi connectivity index (χ1) is 19.9. The number of piperazine rings is 1. The summed E-state index contributed by atoms with van der Waals surface area (Å²) in [5.41, 5.74) is 5.27. The lowest BCUT2D eigenvalue weighted by atomic mass is 10.1. The molecule has 1 N–H and O–H groups in total. The molecule has 2 saturated heterocycles. The highest BCUT2D eigenvalue weighted by Gasteiger charge is 2.26. The molecule has 10 heteroatoms. The maximum Gasteiger partial charge on any atom is 0.250 e. The molecule has 2 amide bonds. The molecule has 41 heavy (non-hydrogen) atoms. The van der Waals surface area contributed by atoms with Gasteiger partial charge in [-0.25, -0.2) is 9.97 Å². The van der Waals surface area contributed by atoms with Crippen LogP contribution in [0.5, 0.6) is 5.75 Å². The van der Waals surface area contributed by atoms with Crippen LogP contribution in [0, 0.1) is 0 Å². The predicted molar refractivity (Wildman–Crippen MR) is 157 cm³/mol. The lowest BCUT2D eigenvalue weighted by Gasteiger charge is -2.32. The fraction of sp³-hybridized carbons (Fsp3) is 0.387. The number of hydrogen-bond acceptors (Lipinski definition) is 8. The van der Waals surface area contributed by atoms with E-state index in [1.54, 1.807) is 19.3 Å². The highest BCUT2D eigenvalue weighted by atomic mass is 16.5. The number of likely N-dealkylation sites (tertiary alicyclic amines) is 1. The second kappa shape index (κ2) is 11.7. The van der Waals surface area contributed by atoms with E-state index in [0.29, 0.717) is 36.8 Å². The first-order valence-corrected chi connectivity index (χ1v) is 14.2. The molecule has 6 rings (SSSR count). The SMILES string of the molecule is CC(=O)N1CCC(Oc2ccnc(-c3ccnc(Nc4ccc5c(c4)C=C(C(=O)N4CCN(C)CC4)C5)n3)c2)CC1. The molecule has 1 aromatic carbocycles. The van der Waals surface area contributed by atoms with Gasteiger partial charge in [0.2, 0.25) is 17.8 Å². The summed E-state index contributed by atoms with van der Waals surface area (Å²) in [6.07, 6.45) is 7.77. The molecule has 212 valence electrons. The van der Waals surface area contributed by atoms with Crippen LogP contribution in [-0.4, -0.2) is 93.9 Å². The number of nitrogens with one attached hydrogen (secondary N) is 1. The van der Waals surface area contributed by atoms with Crippen LogP contribution in [0.3, 0.4) is 0 Å². The molecule has 0 unspecified atom stereocenters. The van der Waals surface area contributed by atoms with E-state index in [0.717, 1.165) is 67.2 Å². The molecule has 0 saturated carbocycles. The predicted octanol–water partition coefficient (Wildman–Crippen LogP) is 3.39. The van der Waals surface area contributed by atoms with Gasteiger partial charge in [-0.05, 0) is 48.5 Å². The summed E-state index contributed by atoms with van der Waals surface area (Å²) in [6.45, 7) is 6.40. The molecule has 2 aromatic heterocycles. The number of likely N-dealkylation sites (N-methyl/N-ethyl adjacent to an activating group) is 1. The molecule has 0 bridgehead atoms. The van der Waals surface area contributed by atoms with Crippen LogP contribution < -0.4 is 10.1 Å². The number of piperidine rings is 1. The fourth-order valence-electron chi connectivity index (χ4n) is 5.56. The molecule has 3 aliphatic rings. The number of aromatic nitrogens is 3. The lowest BCUT2D eigenvalue weighted by Crippen LogP contribution is -2.47. The van der Waals surface area contributed by atoms with E-state index in [9.17, 15) is 9.59 Å². The molecule has 1 aliphatic carbocycles. The Hall–Kier alpha value is -4.31. The van der Waals surface area contributed by atoms with Crippen LogP contribution in [0.2, 0.25) is 0 Å². The number of rotatable bonds is 6. The summed E-state index contributed by atoms with van der Waals surface area (Å²) in [7, 11) is 2.09. The third-order valence-electron chi connectivity index (χ3n) is 8.02.